The van der Waals surface area contributed by atoms with Gasteiger partial charge in [-0.2, -0.15) is 9.78 Å². The molecule has 0 fully saturated rings. The molecule has 0 atom stereocenters. The van der Waals surface area contributed by atoms with Gasteiger partial charge in [-0.3, -0.25) is 4.79 Å². The molecule has 0 spiro atoms. The van der Waals surface area contributed by atoms with Gasteiger partial charge in [-0.05, 0) is 30.3 Å². The number of rotatable bonds is 2. The number of hydrogen-bond acceptors (Lipinski definition) is 3. The van der Waals surface area contributed by atoms with Crippen LogP contribution in [0.4, 0.5) is 0 Å². The molecule has 104 valence electrons. The molecule has 4 nitrogen and oxygen atoms in total. The Morgan fingerprint density at radius 3 is 2.52 bits per heavy atom. The lowest BCUT2D eigenvalue weighted by molar-refractivity contribution is 0.477. The molecule has 0 aliphatic heterocycles. The quantitative estimate of drug-likeness (QED) is 0.776. The van der Waals surface area contributed by atoms with Crippen molar-refractivity contribution in [3.05, 3.63) is 75.6 Å². The van der Waals surface area contributed by atoms with Crippen LogP contribution in [0.2, 0.25) is 0 Å². The summed E-state index contributed by atoms with van der Waals surface area (Å²) >= 11 is 3.35. The van der Waals surface area contributed by atoms with E-state index in [1.165, 1.54) is 10.7 Å². The summed E-state index contributed by atoms with van der Waals surface area (Å²) in [5.41, 5.74) is 1.59. The van der Waals surface area contributed by atoms with Crippen molar-refractivity contribution < 1.29 is 5.11 Å². The Labute approximate surface area is 129 Å². The first-order chi connectivity index (χ1) is 10.1. The molecule has 3 rings (SSSR count). The third kappa shape index (κ3) is 2.73. The first kappa shape index (κ1) is 13.6. The molecule has 0 amide bonds. The SMILES string of the molecule is O=c1cc(-c2cc(Br)ccc2O)cnn1-c1ccccc1. The first-order valence-corrected chi connectivity index (χ1v) is 7.08. The highest BCUT2D eigenvalue weighted by Crippen LogP contribution is 2.30. The fourth-order valence-corrected chi connectivity index (χ4v) is 2.42. The van der Waals surface area contributed by atoms with E-state index in [1.54, 1.807) is 24.4 Å². The first-order valence-electron chi connectivity index (χ1n) is 6.29. The van der Waals surface area contributed by atoms with Crippen LogP contribution in [0, 0.1) is 0 Å². The molecule has 0 aliphatic carbocycles. The lowest BCUT2D eigenvalue weighted by Gasteiger charge is -2.07. The van der Waals surface area contributed by atoms with Crippen LogP contribution in [0.25, 0.3) is 16.8 Å². The zero-order valence-electron chi connectivity index (χ0n) is 10.9. The average molecular weight is 343 g/mol. The van der Waals surface area contributed by atoms with Crippen molar-refractivity contribution >= 4 is 15.9 Å². The zero-order chi connectivity index (χ0) is 14.8. The topological polar surface area (TPSA) is 55.1 Å². The number of benzene rings is 2. The highest BCUT2D eigenvalue weighted by Gasteiger charge is 2.08. The summed E-state index contributed by atoms with van der Waals surface area (Å²) in [4.78, 5) is 12.2. The average Bonchev–Trinajstić information content (AvgIpc) is 2.50. The maximum atomic E-state index is 12.2. The minimum absolute atomic E-state index is 0.108. The van der Waals surface area contributed by atoms with Crippen LogP contribution in [-0.4, -0.2) is 14.9 Å². The van der Waals surface area contributed by atoms with Crippen molar-refractivity contribution in [3.8, 4) is 22.6 Å². The van der Waals surface area contributed by atoms with Crippen molar-refractivity contribution in [1.29, 1.82) is 0 Å². The maximum Gasteiger partial charge on any atom is 0.272 e. The summed E-state index contributed by atoms with van der Waals surface area (Å²) in [6.45, 7) is 0. The number of halogens is 1. The summed E-state index contributed by atoms with van der Waals surface area (Å²) in [5.74, 6) is 0.108. The van der Waals surface area contributed by atoms with Crippen molar-refractivity contribution in [2.75, 3.05) is 0 Å². The van der Waals surface area contributed by atoms with Crippen molar-refractivity contribution in [2.45, 2.75) is 0 Å². The predicted molar refractivity (Wildman–Crippen MR) is 84.6 cm³/mol. The van der Waals surface area contributed by atoms with Gasteiger partial charge in [0.15, 0.2) is 0 Å². The van der Waals surface area contributed by atoms with E-state index in [2.05, 4.69) is 21.0 Å². The Kier molecular flexibility index (Phi) is 3.58. The molecule has 5 heteroatoms. The molecular formula is C16H11BrN2O2. The summed E-state index contributed by atoms with van der Waals surface area (Å²) in [7, 11) is 0. The summed E-state index contributed by atoms with van der Waals surface area (Å²) in [6, 6.07) is 15.7. The fraction of sp³-hybridized carbons (Fsp3) is 0. The molecule has 0 bridgehead atoms. The Balaban J connectivity index is 2.10. The Bertz CT molecular complexity index is 844. The number of hydrogen-bond donors (Lipinski definition) is 1. The Morgan fingerprint density at radius 2 is 1.81 bits per heavy atom. The maximum absolute atomic E-state index is 12.2. The van der Waals surface area contributed by atoms with Gasteiger partial charge in [-0.15, -0.1) is 0 Å². The van der Waals surface area contributed by atoms with Crippen LogP contribution in [0.15, 0.2) is 70.1 Å². The minimum Gasteiger partial charge on any atom is -0.507 e. The van der Waals surface area contributed by atoms with E-state index in [9.17, 15) is 9.90 Å². The van der Waals surface area contributed by atoms with Gasteiger partial charge in [0, 0.05) is 21.7 Å². The smallest absolute Gasteiger partial charge is 0.272 e. The highest BCUT2D eigenvalue weighted by molar-refractivity contribution is 9.10. The van der Waals surface area contributed by atoms with Crippen LogP contribution in [0.5, 0.6) is 5.75 Å². The van der Waals surface area contributed by atoms with Crippen LogP contribution < -0.4 is 5.56 Å². The van der Waals surface area contributed by atoms with Gasteiger partial charge in [0.1, 0.15) is 5.75 Å². The number of phenolic OH excluding ortho intramolecular Hbond substituents is 1. The van der Waals surface area contributed by atoms with Crippen LogP contribution in [-0.2, 0) is 0 Å². The largest absolute Gasteiger partial charge is 0.507 e. The van der Waals surface area contributed by atoms with E-state index >= 15 is 0 Å². The van der Waals surface area contributed by atoms with Crippen molar-refractivity contribution in [2.24, 2.45) is 0 Å². The van der Waals surface area contributed by atoms with Gasteiger partial charge in [0.2, 0.25) is 0 Å². The third-order valence-corrected chi connectivity index (χ3v) is 3.56. The standard InChI is InChI=1S/C16H11BrN2O2/c17-12-6-7-15(20)14(9-12)11-8-16(21)19(18-10-11)13-4-2-1-3-5-13/h1-10,20H. The molecule has 0 unspecified atom stereocenters. The normalized spacial score (nSPS) is 10.5. The molecule has 0 saturated carbocycles. The van der Waals surface area contributed by atoms with Gasteiger partial charge in [-0.25, -0.2) is 0 Å². The molecule has 3 aromatic rings. The van der Waals surface area contributed by atoms with E-state index < -0.39 is 0 Å². The lowest BCUT2D eigenvalue weighted by atomic mass is 10.1. The van der Waals surface area contributed by atoms with Crippen molar-refractivity contribution in [1.82, 2.24) is 9.78 Å². The number of aromatic nitrogens is 2. The third-order valence-electron chi connectivity index (χ3n) is 3.07. The summed E-state index contributed by atoms with van der Waals surface area (Å²) in [5, 5.41) is 14.1. The minimum atomic E-state index is -0.252. The fourth-order valence-electron chi connectivity index (χ4n) is 2.06. The van der Waals surface area contributed by atoms with Crippen LogP contribution >= 0.6 is 15.9 Å². The van der Waals surface area contributed by atoms with Gasteiger partial charge < -0.3 is 5.11 Å². The van der Waals surface area contributed by atoms with Crippen LogP contribution in [0.1, 0.15) is 0 Å². The summed E-state index contributed by atoms with van der Waals surface area (Å²) < 4.78 is 2.14. The van der Waals surface area contributed by atoms with E-state index in [0.717, 1.165) is 4.47 Å². The second-order valence-corrected chi connectivity index (χ2v) is 5.41. The second-order valence-electron chi connectivity index (χ2n) is 4.49. The number of para-hydroxylation sites is 1. The van der Waals surface area contributed by atoms with Crippen molar-refractivity contribution in [3.63, 3.8) is 0 Å². The molecular weight excluding hydrogens is 332 g/mol. The van der Waals surface area contributed by atoms with Gasteiger partial charge in [0.25, 0.3) is 5.56 Å². The molecule has 0 aliphatic rings. The van der Waals surface area contributed by atoms with E-state index in [4.69, 9.17) is 0 Å². The second kappa shape index (κ2) is 5.54. The molecule has 1 aromatic heterocycles. The molecule has 0 saturated heterocycles. The number of aromatic hydroxyl groups is 1. The van der Waals surface area contributed by atoms with Crippen LogP contribution in [0.3, 0.4) is 0 Å². The lowest BCUT2D eigenvalue weighted by Crippen LogP contribution is -2.19. The van der Waals surface area contributed by atoms with E-state index in [0.29, 0.717) is 16.8 Å². The Hall–Kier alpha value is -2.40. The van der Waals surface area contributed by atoms with Gasteiger partial charge in [-0.1, -0.05) is 34.1 Å². The Morgan fingerprint density at radius 1 is 1.05 bits per heavy atom. The summed E-state index contributed by atoms with van der Waals surface area (Å²) in [6.07, 6.45) is 1.57. The van der Waals surface area contributed by atoms with Gasteiger partial charge >= 0.3 is 0 Å². The monoisotopic (exact) mass is 342 g/mol. The van der Waals surface area contributed by atoms with E-state index in [1.807, 2.05) is 30.3 Å². The van der Waals surface area contributed by atoms with E-state index in [-0.39, 0.29) is 11.3 Å². The zero-order valence-corrected chi connectivity index (χ0v) is 12.5. The number of phenols is 1. The molecule has 21 heavy (non-hydrogen) atoms. The number of nitrogens with zero attached hydrogens (tertiary/aromatic N) is 2. The highest BCUT2D eigenvalue weighted by atomic mass is 79.9. The molecule has 2 aromatic carbocycles. The predicted octanol–water partition coefficient (Wildman–Crippen LogP) is 3.37. The molecule has 1 heterocycles. The molecule has 0 radical (unpaired) electrons. The molecule has 1 N–H and O–H groups in total. The van der Waals surface area contributed by atoms with Gasteiger partial charge in [0.05, 0.1) is 11.9 Å².